The summed E-state index contributed by atoms with van der Waals surface area (Å²) in [5.41, 5.74) is 0.278. The van der Waals surface area contributed by atoms with Gasteiger partial charge < -0.3 is 15.7 Å². The Morgan fingerprint density at radius 1 is 1.47 bits per heavy atom. The van der Waals surface area contributed by atoms with E-state index >= 15 is 0 Å². The number of hydrogen-bond donors (Lipinski definition) is 3. The molecule has 1 saturated heterocycles. The third kappa shape index (κ3) is 3.68. The zero-order chi connectivity index (χ0) is 13.8. The van der Waals surface area contributed by atoms with Crippen molar-refractivity contribution in [2.75, 3.05) is 11.9 Å². The number of carbonyl (C=O) groups is 2. The molecule has 0 aromatic heterocycles. The number of nitrogens with one attached hydrogen (secondary N) is 2. The lowest BCUT2D eigenvalue weighted by atomic mass is 10.1. The molecule has 2 rings (SSSR count). The zero-order valence-electron chi connectivity index (χ0n) is 10.3. The molecule has 5 nitrogen and oxygen atoms in total. The van der Waals surface area contributed by atoms with Crippen molar-refractivity contribution in [1.82, 2.24) is 5.32 Å². The fourth-order valence-corrected chi connectivity index (χ4v) is 2.33. The van der Waals surface area contributed by atoms with Gasteiger partial charge in [-0.3, -0.25) is 4.79 Å². The number of anilines is 1. The Hall–Kier alpha value is -1.59. The standard InChI is InChI=1S/C13H15ClN2O3/c14-8-3-4-11(10(6-8)13(18)19)16-12(17)7-9-2-1-5-15-9/h3-4,6,9,15H,1-2,5,7H2,(H,16,17)(H,18,19). The van der Waals surface area contributed by atoms with Crippen LogP contribution in [0.5, 0.6) is 0 Å². The van der Waals surface area contributed by atoms with E-state index in [-0.39, 0.29) is 23.2 Å². The third-order valence-corrected chi connectivity index (χ3v) is 3.32. The van der Waals surface area contributed by atoms with Gasteiger partial charge in [-0.1, -0.05) is 11.6 Å². The first-order valence-electron chi connectivity index (χ1n) is 6.12. The molecule has 0 aliphatic carbocycles. The largest absolute Gasteiger partial charge is 0.478 e. The second kappa shape index (κ2) is 6.04. The zero-order valence-corrected chi connectivity index (χ0v) is 11.0. The SMILES string of the molecule is O=C(CC1CCCN1)Nc1ccc(Cl)cc1C(=O)O. The van der Waals surface area contributed by atoms with Crippen molar-refractivity contribution in [2.45, 2.75) is 25.3 Å². The van der Waals surface area contributed by atoms with Crippen molar-refractivity contribution < 1.29 is 14.7 Å². The van der Waals surface area contributed by atoms with Gasteiger partial charge in [0.1, 0.15) is 0 Å². The molecule has 0 saturated carbocycles. The van der Waals surface area contributed by atoms with Crippen LogP contribution in [-0.4, -0.2) is 29.6 Å². The number of halogens is 1. The lowest BCUT2D eigenvalue weighted by Gasteiger charge is -2.12. The molecule has 1 atom stereocenters. The number of rotatable bonds is 4. The smallest absolute Gasteiger partial charge is 0.337 e. The van der Waals surface area contributed by atoms with E-state index in [0.29, 0.717) is 11.4 Å². The molecule has 1 aliphatic heterocycles. The molecule has 102 valence electrons. The van der Waals surface area contributed by atoms with Gasteiger partial charge in [-0.2, -0.15) is 0 Å². The molecular formula is C13H15ClN2O3. The summed E-state index contributed by atoms with van der Waals surface area (Å²) < 4.78 is 0. The van der Waals surface area contributed by atoms with Crippen LogP contribution < -0.4 is 10.6 Å². The summed E-state index contributed by atoms with van der Waals surface area (Å²) >= 11 is 5.75. The molecule has 0 spiro atoms. The minimum absolute atomic E-state index is 0.000214. The van der Waals surface area contributed by atoms with Gasteiger partial charge in [0, 0.05) is 17.5 Å². The maximum absolute atomic E-state index is 11.9. The fraction of sp³-hybridized carbons (Fsp3) is 0.385. The molecule has 1 amide bonds. The Morgan fingerprint density at radius 2 is 2.26 bits per heavy atom. The van der Waals surface area contributed by atoms with Crippen molar-refractivity contribution >= 4 is 29.2 Å². The van der Waals surface area contributed by atoms with Crippen LogP contribution in [0.15, 0.2) is 18.2 Å². The highest BCUT2D eigenvalue weighted by atomic mass is 35.5. The molecule has 1 aliphatic rings. The number of amides is 1. The van der Waals surface area contributed by atoms with Crippen molar-refractivity contribution in [1.29, 1.82) is 0 Å². The molecule has 0 bridgehead atoms. The molecule has 1 unspecified atom stereocenters. The van der Waals surface area contributed by atoms with Crippen LogP contribution in [0.25, 0.3) is 0 Å². The minimum Gasteiger partial charge on any atom is -0.478 e. The predicted molar refractivity (Wildman–Crippen MR) is 72.7 cm³/mol. The topological polar surface area (TPSA) is 78.4 Å². The van der Waals surface area contributed by atoms with Gasteiger partial charge in [-0.05, 0) is 37.6 Å². The van der Waals surface area contributed by atoms with Crippen LogP contribution in [0.3, 0.4) is 0 Å². The highest BCUT2D eigenvalue weighted by Gasteiger charge is 2.19. The van der Waals surface area contributed by atoms with Crippen molar-refractivity contribution in [3.63, 3.8) is 0 Å². The molecule has 6 heteroatoms. The molecule has 3 N–H and O–H groups in total. The van der Waals surface area contributed by atoms with Crippen molar-refractivity contribution in [3.8, 4) is 0 Å². The normalized spacial score (nSPS) is 18.3. The molecule has 1 aromatic carbocycles. The van der Waals surface area contributed by atoms with Gasteiger partial charge in [0.25, 0.3) is 0 Å². The second-order valence-electron chi connectivity index (χ2n) is 4.54. The third-order valence-electron chi connectivity index (χ3n) is 3.08. The van der Waals surface area contributed by atoms with Gasteiger partial charge in [0.15, 0.2) is 0 Å². The number of carboxylic acids is 1. The Morgan fingerprint density at radius 3 is 2.89 bits per heavy atom. The second-order valence-corrected chi connectivity index (χ2v) is 4.98. The van der Waals surface area contributed by atoms with Crippen LogP contribution in [0, 0.1) is 0 Å². The Bertz CT molecular complexity index is 499. The highest BCUT2D eigenvalue weighted by Crippen LogP contribution is 2.21. The maximum atomic E-state index is 11.9. The van der Waals surface area contributed by atoms with Gasteiger partial charge in [-0.25, -0.2) is 4.79 Å². The van der Waals surface area contributed by atoms with E-state index in [4.69, 9.17) is 16.7 Å². The van der Waals surface area contributed by atoms with Crippen LogP contribution in [-0.2, 0) is 4.79 Å². The molecular weight excluding hydrogens is 268 g/mol. The number of hydrogen-bond acceptors (Lipinski definition) is 3. The summed E-state index contributed by atoms with van der Waals surface area (Å²) in [6, 6.07) is 4.57. The van der Waals surface area contributed by atoms with E-state index in [2.05, 4.69) is 10.6 Å². The van der Waals surface area contributed by atoms with Crippen molar-refractivity contribution in [2.24, 2.45) is 0 Å². The van der Waals surface area contributed by atoms with E-state index < -0.39 is 5.97 Å². The van der Waals surface area contributed by atoms with Gasteiger partial charge in [-0.15, -0.1) is 0 Å². The van der Waals surface area contributed by atoms with Crippen LogP contribution in [0.1, 0.15) is 29.6 Å². The van der Waals surface area contributed by atoms with Crippen LogP contribution in [0.2, 0.25) is 5.02 Å². The van der Waals surface area contributed by atoms with E-state index in [9.17, 15) is 9.59 Å². The Labute approximate surface area is 116 Å². The number of carboxylic acid groups (broad SMARTS) is 1. The van der Waals surface area contributed by atoms with Crippen LogP contribution in [0.4, 0.5) is 5.69 Å². The molecule has 19 heavy (non-hydrogen) atoms. The Kier molecular flexibility index (Phi) is 4.39. The van der Waals surface area contributed by atoms with Gasteiger partial charge in [0.05, 0.1) is 11.3 Å². The predicted octanol–water partition coefficient (Wildman–Crippen LogP) is 2.12. The average Bonchev–Trinajstić information content (AvgIpc) is 2.83. The first kappa shape index (κ1) is 13.8. The lowest BCUT2D eigenvalue weighted by molar-refractivity contribution is -0.116. The van der Waals surface area contributed by atoms with E-state index in [1.54, 1.807) is 6.07 Å². The van der Waals surface area contributed by atoms with Crippen molar-refractivity contribution in [3.05, 3.63) is 28.8 Å². The summed E-state index contributed by atoms with van der Waals surface area (Å²) in [4.78, 5) is 22.9. The molecule has 1 heterocycles. The molecule has 0 radical (unpaired) electrons. The summed E-state index contributed by atoms with van der Waals surface area (Å²) in [6.07, 6.45) is 2.39. The Balaban J connectivity index is 2.05. The lowest BCUT2D eigenvalue weighted by Crippen LogP contribution is -2.27. The van der Waals surface area contributed by atoms with Gasteiger partial charge in [0.2, 0.25) is 5.91 Å². The maximum Gasteiger partial charge on any atom is 0.337 e. The van der Waals surface area contributed by atoms with Crippen LogP contribution >= 0.6 is 11.6 Å². The number of carbonyl (C=O) groups excluding carboxylic acids is 1. The minimum atomic E-state index is -1.11. The monoisotopic (exact) mass is 282 g/mol. The van der Waals surface area contributed by atoms with E-state index in [0.717, 1.165) is 19.4 Å². The van der Waals surface area contributed by atoms with E-state index in [1.165, 1.54) is 12.1 Å². The number of benzene rings is 1. The molecule has 1 fully saturated rings. The first-order valence-corrected chi connectivity index (χ1v) is 6.50. The highest BCUT2D eigenvalue weighted by molar-refractivity contribution is 6.31. The first-order chi connectivity index (χ1) is 9.06. The fourth-order valence-electron chi connectivity index (χ4n) is 2.16. The molecule has 1 aromatic rings. The van der Waals surface area contributed by atoms with E-state index in [1.807, 2.05) is 0 Å². The quantitative estimate of drug-likeness (QED) is 0.790. The summed E-state index contributed by atoms with van der Waals surface area (Å²) in [7, 11) is 0. The summed E-state index contributed by atoms with van der Waals surface area (Å²) in [6.45, 7) is 0.930. The average molecular weight is 283 g/mol. The number of aromatic carboxylic acids is 1. The summed E-state index contributed by atoms with van der Waals surface area (Å²) in [5, 5.41) is 15.2. The summed E-state index contributed by atoms with van der Waals surface area (Å²) in [5.74, 6) is -1.30. The van der Waals surface area contributed by atoms with Gasteiger partial charge >= 0.3 is 5.97 Å².